The number of carbonyl (C=O) groups is 1. The fourth-order valence-corrected chi connectivity index (χ4v) is 0.289. The first-order valence-corrected chi connectivity index (χ1v) is 3.55. The molecule has 56 valence electrons. The van der Waals surface area contributed by atoms with E-state index < -0.39 is 0 Å². The molecule has 0 saturated heterocycles. The summed E-state index contributed by atoms with van der Waals surface area (Å²) in [5.41, 5.74) is 0. The smallest absolute Gasteiger partial charge is 0.0726 e. The monoisotopic (exact) mass is 149 g/mol. The van der Waals surface area contributed by atoms with Crippen LogP contribution in [-0.4, -0.2) is 18.2 Å². The Labute approximate surface area is 62.4 Å². The van der Waals surface area contributed by atoms with Gasteiger partial charge < -0.3 is 22.7 Å². The molecule has 0 aliphatic heterocycles. The van der Waals surface area contributed by atoms with Gasteiger partial charge in [0.25, 0.3) is 0 Å². The molecule has 0 aliphatic carbocycles. The van der Waals surface area contributed by atoms with E-state index >= 15 is 0 Å². The highest BCUT2D eigenvalue weighted by Gasteiger charge is 1.67. The van der Waals surface area contributed by atoms with Crippen molar-refractivity contribution in [2.45, 2.75) is 20.8 Å². The van der Waals surface area contributed by atoms with Crippen LogP contribution >= 0.6 is 0 Å². The van der Waals surface area contributed by atoms with Crippen LogP contribution in [0.4, 0.5) is 0 Å². The summed E-state index contributed by atoms with van der Waals surface area (Å²) in [7, 11) is 0. The SMILES string of the molecule is CC(=O)[S-].CC[NH2+]CC. The van der Waals surface area contributed by atoms with Gasteiger partial charge in [-0.25, -0.2) is 0 Å². The van der Waals surface area contributed by atoms with Crippen LogP contribution in [0.1, 0.15) is 20.8 Å². The lowest BCUT2D eigenvalue weighted by molar-refractivity contribution is -0.648. The van der Waals surface area contributed by atoms with Crippen molar-refractivity contribution in [1.29, 1.82) is 0 Å². The highest BCUT2D eigenvalue weighted by molar-refractivity contribution is 7.76. The molecule has 0 aliphatic rings. The molecule has 0 aromatic carbocycles. The molecule has 0 bridgehead atoms. The fraction of sp³-hybridized carbons (Fsp3) is 0.833. The maximum absolute atomic E-state index is 9.26. The lowest BCUT2D eigenvalue weighted by Gasteiger charge is -1.83. The van der Waals surface area contributed by atoms with E-state index in [1.807, 2.05) is 0 Å². The Bertz CT molecular complexity index is 60.1. The van der Waals surface area contributed by atoms with Crippen molar-refractivity contribution in [3.63, 3.8) is 0 Å². The number of hydrogen-bond donors (Lipinski definition) is 1. The Morgan fingerprint density at radius 3 is 1.67 bits per heavy atom. The van der Waals surface area contributed by atoms with Gasteiger partial charge in [-0.3, -0.25) is 0 Å². The van der Waals surface area contributed by atoms with Gasteiger partial charge in [-0.05, 0) is 20.8 Å². The third-order valence-corrected chi connectivity index (χ3v) is 0.577. The average molecular weight is 149 g/mol. The lowest BCUT2D eigenvalue weighted by atomic mass is 10.7. The summed E-state index contributed by atoms with van der Waals surface area (Å²) < 4.78 is 0. The second-order valence-corrected chi connectivity index (χ2v) is 2.17. The van der Waals surface area contributed by atoms with Gasteiger partial charge in [0.1, 0.15) is 0 Å². The molecule has 3 heteroatoms. The second-order valence-electron chi connectivity index (χ2n) is 1.60. The van der Waals surface area contributed by atoms with E-state index in [9.17, 15) is 4.79 Å². The zero-order valence-corrected chi connectivity index (χ0v) is 7.12. The largest absolute Gasteiger partial charge is 0.742 e. The van der Waals surface area contributed by atoms with Crippen LogP contribution in [0.3, 0.4) is 0 Å². The molecule has 0 aromatic rings. The molecule has 0 fully saturated rings. The first kappa shape index (κ1) is 11.6. The summed E-state index contributed by atoms with van der Waals surface area (Å²) in [6, 6.07) is 0. The average Bonchev–Trinajstić information content (AvgIpc) is 1.66. The van der Waals surface area contributed by atoms with Crippen LogP contribution in [0.2, 0.25) is 0 Å². The molecule has 9 heavy (non-hydrogen) atoms. The third-order valence-electron chi connectivity index (χ3n) is 0.577. The minimum Gasteiger partial charge on any atom is -0.742 e. The van der Waals surface area contributed by atoms with Crippen LogP contribution < -0.4 is 5.32 Å². The summed E-state index contributed by atoms with van der Waals surface area (Å²) >= 11 is 3.98. The van der Waals surface area contributed by atoms with Crippen LogP contribution in [-0.2, 0) is 17.4 Å². The van der Waals surface area contributed by atoms with Crippen LogP contribution in [0.25, 0.3) is 0 Å². The predicted octanol–water partition coefficient (Wildman–Crippen LogP) is -0.331. The number of nitrogens with two attached hydrogens (primary N) is 1. The van der Waals surface area contributed by atoms with Gasteiger partial charge in [-0.2, -0.15) is 0 Å². The van der Waals surface area contributed by atoms with E-state index in [2.05, 4.69) is 31.8 Å². The van der Waals surface area contributed by atoms with E-state index in [1.165, 1.54) is 20.0 Å². The Morgan fingerprint density at radius 2 is 1.67 bits per heavy atom. The summed E-state index contributed by atoms with van der Waals surface area (Å²) in [6.45, 7) is 8.09. The molecular weight excluding hydrogens is 134 g/mol. The minimum absolute atomic E-state index is 0.250. The van der Waals surface area contributed by atoms with Crippen LogP contribution in [0.5, 0.6) is 0 Å². The minimum atomic E-state index is -0.250. The number of carbonyl (C=O) groups excluding carboxylic acids is 1. The maximum Gasteiger partial charge on any atom is 0.0726 e. The van der Waals surface area contributed by atoms with E-state index in [0.717, 1.165) is 0 Å². The van der Waals surface area contributed by atoms with Crippen molar-refractivity contribution < 1.29 is 10.1 Å². The van der Waals surface area contributed by atoms with Crippen molar-refractivity contribution in [2.24, 2.45) is 0 Å². The van der Waals surface area contributed by atoms with E-state index in [1.54, 1.807) is 0 Å². The third kappa shape index (κ3) is 78.5. The fourth-order valence-electron chi connectivity index (χ4n) is 0.289. The van der Waals surface area contributed by atoms with Crippen molar-refractivity contribution >= 4 is 17.7 Å². The second kappa shape index (κ2) is 10.8. The van der Waals surface area contributed by atoms with Crippen molar-refractivity contribution in [1.82, 2.24) is 0 Å². The molecule has 2 nitrogen and oxygen atoms in total. The molecule has 0 spiro atoms. The molecule has 0 amide bonds. The molecule has 0 heterocycles. The van der Waals surface area contributed by atoms with Crippen LogP contribution in [0.15, 0.2) is 0 Å². The summed E-state index contributed by atoms with van der Waals surface area (Å²) in [5.74, 6) is 0. The maximum atomic E-state index is 9.26. The van der Waals surface area contributed by atoms with Gasteiger partial charge in [0, 0.05) is 5.12 Å². The van der Waals surface area contributed by atoms with Crippen molar-refractivity contribution in [2.75, 3.05) is 13.1 Å². The summed E-state index contributed by atoms with van der Waals surface area (Å²) in [6.07, 6.45) is 0. The lowest BCUT2D eigenvalue weighted by Crippen LogP contribution is -2.82. The Morgan fingerprint density at radius 1 is 1.44 bits per heavy atom. The first-order valence-electron chi connectivity index (χ1n) is 3.14. The van der Waals surface area contributed by atoms with E-state index in [0.29, 0.717) is 0 Å². The van der Waals surface area contributed by atoms with Gasteiger partial charge in [-0.15, -0.1) is 0 Å². The molecule has 0 aromatic heterocycles. The van der Waals surface area contributed by atoms with Gasteiger partial charge in [-0.1, -0.05) is 0 Å². The van der Waals surface area contributed by atoms with Gasteiger partial charge in [0.15, 0.2) is 0 Å². The van der Waals surface area contributed by atoms with Crippen molar-refractivity contribution in [3.8, 4) is 0 Å². The molecule has 0 atom stereocenters. The Hall–Kier alpha value is -0.150. The first-order chi connectivity index (χ1) is 4.15. The molecule has 0 saturated carbocycles. The van der Waals surface area contributed by atoms with Crippen LogP contribution in [0, 0.1) is 0 Å². The van der Waals surface area contributed by atoms with Gasteiger partial charge in [0.2, 0.25) is 0 Å². The van der Waals surface area contributed by atoms with E-state index in [4.69, 9.17) is 0 Å². The molecule has 2 N–H and O–H groups in total. The summed E-state index contributed by atoms with van der Waals surface area (Å²) in [4.78, 5) is 9.26. The van der Waals surface area contributed by atoms with Crippen molar-refractivity contribution in [3.05, 3.63) is 0 Å². The predicted molar refractivity (Wildman–Crippen MR) is 41.1 cm³/mol. The molecule has 0 unspecified atom stereocenters. The highest BCUT2D eigenvalue weighted by atomic mass is 32.1. The van der Waals surface area contributed by atoms with Gasteiger partial charge >= 0.3 is 0 Å². The number of rotatable bonds is 2. The quantitative estimate of drug-likeness (QED) is 0.545. The van der Waals surface area contributed by atoms with E-state index in [-0.39, 0.29) is 5.12 Å². The Kier molecular flexibility index (Phi) is 13.9. The summed E-state index contributed by atoms with van der Waals surface area (Å²) in [5, 5.41) is 2.00. The number of quaternary nitrogens is 1. The standard InChI is InChI=1S/C4H11N.C2H4OS/c1-3-5-4-2;1-2(3)4/h5H,3-4H2,1-2H3;1H3,(H,3,4). The zero-order chi connectivity index (χ0) is 7.70. The highest BCUT2D eigenvalue weighted by Crippen LogP contribution is 1.47. The zero-order valence-electron chi connectivity index (χ0n) is 6.31. The normalized spacial score (nSPS) is 7.44. The molecule has 0 radical (unpaired) electrons. The molecular formula is C6H15NOS. The van der Waals surface area contributed by atoms with Gasteiger partial charge in [0.05, 0.1) is 13.1 Å². The molecule has 0 rings (SSSR count). The Balaban J connectivity index is 0. The number of hydrogen-bond acceptors (Lipinski definition) is 2. The topological polar surface area (TPSA) is 33.7 Å².